The summed E-state index contributed by atoms with van der Waals surface area (Å²) in [4.78, 5) is 4.65. The average molecular weight is 486 g/mol. The smallest absolute Gasteiger partial charge is 0.395 e. The number of para-hydroxylation sites is 1. The van der Waals surface area contributed by atoms with E-state index in [4.69, 9.17) is 22.5 Å². The Hall–Kier alpha value is -2.66. The molecule has 31 heavy (non-hydrogen) atoms. The van der Waals surface area contributed by atoms with Crippen LogP contribution in [-0.4, -0.2) is 20.3 Å². The molecule has 3 rings (SSSR count). The predicted octanol–water partition coefficient (Wildman–Crippen LogP) is 5.24. The number of allylic oxidation sites excluding steroid dienone is 2. The Morgan fingerprint density at radius 2 is 1.71 bits per heavy atom. The lowest BCUT2D eigenvalue weighted by atomic mass is 10.1. The Morgan fingerprint density at radius 3 is 2.29 bits per heavy atom. The Labute approximate surface area is 185 Å². The highest BCUT2D eigenvalue weighted by molar-refractivity contribution is 7.89. The number of benzene rings is 2. The number of hydrogen-bond donors (Lipinski definition) is 2. The van der Waals surface area contributed by atoms with Crippen molar-refractivity contribution in [2.24, 2.45) is 15.9 Å². The van der Waals surface area contributed by atoms with Crippen molar-refractivity contribution in [2.45, 2.75) is 11.1 Å². The molecule has 0 saturated carbocycles. The van der Waals surface area contributed by atoms with Gasteiger partial charge in [-0.15, -0.1) is 11.3 Å². The highest BCUT2D eigenvalue weighted by atomic mass is 35.5. The maximum Gasteiger partial charge on any atom is 0.430 e. The molecule has 0 aliphatic heterocycles. The molecule has 4 N–H and O–H groups in total. The molecule has 0 bridgehead atoms. The molecule has 162 valence electrons. The maximum absolute atomic E-state index is 13.0. The van der Waals surface area contributed by atoms with Gasteiger partial charge in [0.15, 0.2) is 0 Å². The maximum atomic E-state index is 13.0. The van der Waals surface area contributed by atoms with Gasteiger partial charge in [-0.05, 0) is 52.9 Å². The summed E-state index contributed by atoms with van der Waals surface area (Å²) in [5.41, 5.74) is 5.50. The summed E-state index contributed by atoms with van der Waals surface area (Å²) in [6.45, 7) is 0. The van der Waals surface area contributed by atoms with Crippen molar-refractivity contribution in [1.82, 2.24) is 0 Å². The number of aliphatic imine (C=N–C) groups is 1. The molecular weight excluding hydrogens is 471 g/mol. The normalized spacial score (nSPS) is 13.5. The number of rotatable bonds is 5. The molecule has 2 aromatic carbocycles. The number of thiophene rings is 1. The minimum atomic E-state index is -4.72. The molecule has 0 aliphatic rings. The molecule has 0 radical (unpaired) electrons. The minimum Gasteiger partial charge on any atom is -0.395 e. The quantitative estimate of drug-likeness (QED) is 0.483. The molecule has 1 heterocycles. The van der Waals surface area contributed by atoms with Crippen LogP contribution >= 0.6 is 22.9 Å². The minimum absolute atomic E-state index is 0.0136. The number of nitrogens with zero attached hydrogens (tertiary/aromatic N) is 1. The van der Waals surface area contributed by atoms with Crippen molar-refractivity contribution >= 4 is 44.4 Å². The van der Waals surface area contributed by atoms with Crippen molar-refractivity contribution in [2.75, 3.05) is 0 Å². The van der Waals surface area contributed by atoms with Crippen LogP contribution in [0.1, 0.15) is 4.88 Å². The second-order valence-electron chi connectivity index (χ2n) is 6.31. The van der Waals surface area contributed by atoms with Gasteiger partial charge in [-0.25, -0.2) is 18.5 Å². The van der Waals surface area contributed by atoms with E-state index in [1.54, 1.807) is 47.8 Å². The fourth-order valence-corrected chi connectivity index (χ4v) is 4.09. The Morgan fingerprint density at radius 1 is 1.06 bits per heavy atom. The van der Waals surface area contributed by atoms with Gasteiger partial charge in [-0.1, -0.05) is 35.9 Å². The van der Waals surface area contributed by atoms with Crippen LogP contribution < -0.4 is 10.9 Å². The zero-order valence-corrected chi connectivity index (χ0v) is 18.0. The highest BCUT2D eigenvalue weighted by Crippen LogP contribution is 2.31. The van der Waals surface area contributed by atoms with Crippen molar-refractivity contribution in [1.29, 1.82) is 0 Å². The monoisotopic (exact) mass is 485 g/mol. The SMILES string of the molecule is N/C(=C\C(=Nc1ccccc1Cl)c1cc(-c2ccc(S(N)(=O)=O)cc2)cs1)C(F)(F)F. The Bertz CT molecular complexity index is 1270. The van der Waals surface area contributed by atoms with Crippen molar-refractivity contribution in [3.63, 3.8) is 0 Å². The standard InChI is InChI=1S/C20H15ClF3N3O2S2/c21-15-3-1-2-4-16(15)27-17(10-19(25)20(22,23)24)18-9-13(11-30-18)12-5-7-14(8-6-12)31(26,28)29/h1-11H,25H2,(H2,26,28,29)/b19-10-,27-17?. The summed E-state index contributed by atoms with van der Waals surface area (Å²) < 4.78 is 61.9. The molecule has 0 aliphatic carbocycles. The van der Waals surface area contributed by atoms with Crippen LogP contribution in [0.15, 0.2) is 81.6 Å². The molecular formula is C20H15ClF3N3O2S2. The van der Waals surface area contributed by atoms with E-state index < -0.39 is 21.9 Å². The lowest BCUT2D eigenvalue weighted by Crippen LogP contribution is -2.20. The molecule has 0 spiro atoms. The van der Waals surface area contributed by atoms with Gasteiger partial charge in [0, 0.05) is 0 Å². The first-order valence-corrected chi connectivity index (χ1v) is 11.4. The van der Waals surface area contributed by atoms with Crippen LogP contribution in [0, 0.1) is 0 Å². The number of hydrogen-bond acceptors (Lipinski definition) is 5. The van der Waals surface area contributed by atoms with E-state index in [1.807, 2.05) is 0 Å². The van der Waals surface area contributed by atoms with Crippen LogP contribution in [0.25, 0.3) is 11.1 Å². The van der Waals surface area contributed by atoms with E-state index in [0.29, 0.717) is 16.0 Å². The number of alkyl halides is 3. The number of sulfonamides is 1. The molecule has 3 aromatic rings. The molecule has 0 unspecified atom stereocenters. The Kier molecular flexibility index (Phi) is 6.56. The van der Waals surface area contributed by atoms with Gasteiger partial charge in [0.1, 0.15) is 5.70 Å². The first-order chi connectivity index (χ1) is 14.4. The van der Waals surface area contributed by atoms with E-state index >= 15 is 0 Å². The Balaban J connectivity index is 2.05. The summed E-state index contributed by atoms with van der Waals surface area (Å²) >= 11 is 7.25. The first kappa shape index (κ1) is 23.0. The van der Waals surface area contributed by atoms with Crippen LogP contribution in [0.3, 0.4) is 0 Å². The topological polar surface area (TPSA) is 98.5 Å². The third kappa shape index (κ3) is 5.73. The summed E-state index contributed by atoms with van der Waals surface area (Å²) in [6.07, 6.45) is -3.96. The second kappa shape index (κ2) is 8.83. The fraction of sp³-hybridized carbons (Fsp3) is 0.0500. The summed E-state index contributed by atoms with van der Waals surface area (Å²) in [7, 11) is -3.83. The zero-order chi connectivity index (χ0) is 22.8. The number of primary sulfonamides is 1. The third-order valence-electron chi connectivity index (χ3n) is 4.08. The van der Waals surface area contributed by atoms with E-state index in [0.717, 1.165) is 17.4 Å². The third-order valence-corrected chi connectivity index (χ3v) is 6.28. The molecule has 0 fully saturated rings. The molecule has 0 atom stereocenters. The molecule has 0 amide bonds. The number of nitrogens with two attached hydrogens (primary N) is 2. The van der Waals surface area contributed by atoms with E-state index in [-0.39, 0.29) is 21.3 Å². The van der Waals surface area contributed by atoms with Crippen molar-refractivity contribution in [3.05, 3.63) is 81.7 Å². The molecule has 1 aromatic heterocycles. The summed E-state index contributed by atoms with van der Waals surface area (Å²) in [6, 6.07) is 13.9. The van der Waals surface area contributed by atoms with Gasteiger partial charge in [-0.2, -0.15) is 13.2 Å². The van der Waals surface area contributed by atoms with Crippen LogP contribution in [0.2, 0.25) is 5.02 Å². The van der Waals surface area contributed by atoms with Crippen molar-refractivity contribution in [3.8, 4) is 11.1 Å². The largest absolute Gasteiger partial charge is 0.430 e. The lowest BCUT2D eigenvalue weighted by Gasteiger charge is -2.07. The predicted molar refractivity (Wildman–Crippen MR) is 117 cm³/mol. The lowest BCUT2D eigenvalue weighted by molar-refractivity contribution is -0.0925. The number of halogens is 4. The van der Waals surface area contributed by atoms with Crippen LogP contribution in [0.5, 0.6) is 0 Å². The summed E-state index contributed by atoms with van der Waals surface area (Å²) in [5.74, 6) is 0. The van der Waals surface area contributed by atoms with E-state index in [1.165, 1.54) is 12.1 Å². The second-order valence-corrected chi connectivity index (χ2v) is 9.19. The van der Waals surface area contributed by atoms with Gasteiger partial charge in [0.25, 0.3) is 0 Å². The zero-order valence-electron chi connectivity index (χ0n) is 15.6. The molecule has 5 nitrogen and oxygen atoms in total. The highest BCUT2D eigenvalue weighted by Gasteiger charge is 2.32. The first-order valence-electron chi connectivity index (χ1n) is 8.55. The summed E-state index contributed by atoms with van der Waals surface area (Å²) in [5, 5.41) is 7.08. The van der Waals surface area contributed by atoms with Gasteiger partial charge < -0.3 is 5.73 Å². The van der Waals surface area contributed by atoms with Gasteiger partial charge in [-0.3, -0.25) is 0 Å². The van der Waals surface area contributed by atoms with Crippen LogP contribution in [0.4, 0.5) is 18.9 Å². The van der Waals surface area contributed by atoms with Crippen LogP contribution in [-0.2, 0) is 10.0 Å². The van der Waals surface area contributed by atoms with Gasteiger partial charge >= 0.3 is 6.18 Å². The fourth-order valence-electron chi connectivity index (χ4n) is 2.52. The van der Waals surface area contributed by atoms with E-state index in [2.05, 4.69) is 4.99 Å². The molecule has 0 saturated heterocycles. The van der Waals surface area contributed by atoms with E-state index in [9.17, 15) is 21.6 Å². The van der Waals surface area contributed by atoms with Gasteiger partial charge in [0.2, 0.25) is 10.0 Å². The molecule has 11 heteroatoms. The van der Waals surface area contributed by atoms with Gasteiger partial charge in [0.05, 0.1) is 26.2 Å². The van der Waals surface area contributed by atoms with Crippen molar-refractivity contribution < 1.29 is 21.6 Å². The average Bonchev–Trinajstić information content (AvgIpc) is 3.18.